The highest BCUT2D eigenvalue weighted by Crippen LogP contribution is 2.18. The number of nitro groups is 1. The molecule has 2 aromatic heterocycles. The van der Waals surface area contributed by atoms with Crippen molar-refractivity contribution in [1.82, 2.24) is 9.97 Å². The van der Waals surface area contributed by atoms with E-state index in [2.05, 4.69) is 15.3 Å². The maximum atomic E-state index is 10.6. The standard InChI is InChI=1S/C10H7N5O2S/c11-3-8-9(15(16)17)1-2-10(14-8)13-5-7-4-12-6-18-7/h1-2,4,6H,5H2,(H,13,14). The predicted molar refractivity (Wildman–Crippen MR) is 65.0 cm³/mol. The van der Waals surface area contributed by atoms with Gasteiger partial charge < -0.3 is 5.32 Å². The van der Waals surface area contributed by atoms with Crippen molar-refractivity contribution in [2.75, 3.05) is 5.32 Å². The summed E-state index contributed by atoms with van der Waals surface area (Å²) in [6.45, 7) is 0.514. The van der Waals surface area contributed by atoms with E-state index in [0.717, 1.165) is 4.88 Å². The minimum Gasteiger partial charge on any atom is -0.365 e. The topological polar surface area (TPSA) is 105 Å². The number of hydrogen-bond acceptors (Lipinski definition) is 7. The van der Waals surface area contributed by atoms with Gasteiger partial charge in [0.15, 0.2) is 0 Å². The first-order chi connectivity index (χ1) is 8.70. The number of anilines is 1. The Hall–Kier alpha value is -2.53. The molecule has 0 aromatic carbocycles. The fourth-order valence-corrected chi connectivity index (χ4v) is 1.82. The van der Waals surface area contributed by atoms with Crippen molar-refractivity contribution >= 4 is 22.8 Å². The molecule has 18 heavy (non-hydrogen) atoms. The summed E-state index contributed by atoms with van der Waals surface area (Å²) in [7, 11) is 0. The van der Waals surface area contributed by atoms with Crippen LogP contribution in [0, 0.1) is 21.4 Å². The van der Waals surface area contributed by atoms with E-state index in [4.69, 9.17) is 5.26 Å². The van der Waals surface area contributed by atoms with E-state index in [-0.39, 0.29) is 11.4 Å². The van der Waals surface area contributed by atoms with Crippen LogP contribution in [0.15, 0.2) is 23.8 Å². The molecule has 0 radical (unpaired) electrons. The van der Waals surface area contributed by atoms with Crippen LogP contribution in [0.1, 0.15) is 10.6 Å². The van der Waals surface area contributed by atoms with Crippen molar-refractivity contribution in [3.63, 3.8) is 0 Å². The minimum atomic E-state index is -0.626. The highest BCUT2D eigenvalue weighted by Gasteiger charge is 2.15. The van der Waals surface area contributed by atoms with Gasteiger partial charge >= 0.3 is 5.69 Å². The molecule has 0 aliphatic heterocycles. The third-order valence-corrected chi connectivity index (χ3v) is 2.88. The fourth-order valence-electron chi connectivity index (χ4n) is 1.29. The summed E-state index contributed by atoms with van der Waals surface area (Å²) in [5, 5.41) is 22.4. The smallest absolute Gasteiger partial charge is 0.305 e. The van der Waals surface area contributed by atoms with Crippen molar-refractivity contribution < 1.29 is 4.92 Å². The van der Waals surface area contributed by atoms with E-state index >= 15 is 0 Å². The first kappa shape index (κ1) is 11.9. The third kappa shape index (κ3) is 2.58. The summed E-state index contributed by atoms with van der Waals surface area (Å²) in [5.74, 6) is 0.422. The van der Waals surface area contributed by atoms with Gasteiger partial charge in [0, 0.05) is 17.1 Å². The van der Waals surface area contributed by atoms with E-state index in [1.807, 2.05) is 0 Å². The van der Waals surface area contributed by atoms with Crippen LogP contribution in [0.25, 0.3) is 0 Å². The number of aromatic nitrogens is 2. The second-order valence-corrected chi connectivity index (χ2v) is 4.23. The summed E-state index contributed by atoms with van der Waals surface area (Å²) < 4.78 is 0. The Bertz CT molecular complexity index is 605. The van der Waals surface area contributed by atoms with Gasteiger partial charge in [-0.15, -0.1) is 11.3 Å². The van der Waals surface area contributed by atoms with Crippen LogP contribution >= 0.6 is 11.3 Å². The fraction of sp³-hybridized carbons (Fsp3) is 0.100. The van der Waals surface area contributed by atoms with Crippen molar-refractivity contribution in [3.05, 3.63) is 44.5 Å². The largest absolute Gasteiger partial charge is 0.365 e. The highest BCUT2D eigenvalue weighted by atomic mass is 32.1. The first-order valence-corrected chi connectivity index (χ1v) is 5.75. The molecule has 2 rings (SSSR count). The number of hydrogen-bond donors (Lipinski definition) is 1. The van der Waals surface area contributed by atoms with Crippen LogP contribution in [0.3, 0.4) is 0 Å². The Kier molecular flexibility index (Phi) is 3.45. The van der Waals surface area contributed by atoms with Gasteiger partial charge in [0.05, 0.1) is 17.0 Å². The lowest BCUT2D eigenvalue weighted by molar-refractivity contribution is -0.385. The van der Waals surface area contributed by atoms with E-state index < -0.39 is 4.92 Å². The van der Waals surface area contributed by atoms with Crippen molar-refractivity contribution in [1.29, 1.82) is 5.26 Å². The molecule has 0 unspecified atom stereocenters. The zero-order valence-corrected chi connectivity index (χ0v) is 9.85. The van der Waals surface area contributed by atoms with E-state index in [0.29, 0.717) is 12.4 Å². The second kappa shape index (κ2) is 5.20. The first-order valence-electron chi connectivity index (χ1n) is 4.87. The summed E-state index contributed by atoms with van der Waals surface area (Å²) in [4.78, 5) is 18.8. The zero-order valence-electron chi connectivity index (χ0n) is 9.03. The van der Waals surface area contributed by atoms with Gasteiger partial charge in [-0.05, 0) is 6.07 Å². The maximum Gasteiger partial charge on any atom is 0.305 e. The van der Waals surface area contributed by atoms with Crippen LogP contribution in [0.4, 0.5) is 11.5 Å². The number of rotatable bonds is 4. The third-order valence-electron chi connectivity index (χ3n) is 2.10. The molecular weight excluding hydrogens is 254 g/mol. The van der Waals surface area contributed by atoms with Crippen molar-refractivity contribution in [3.8, 4) is 6.07 Å². The zero-order chi connectivity index (χ0) is 13.0. The number of thiazole rings is 1. The highest BCUT2D eigenvalue weighted by molar-refractivity contribution is 7.09. The lowest BCUT2D eigenvalue weighted by atomic mass is 10.3. The molecular formula is C10H7N5O2S. The molecule has 0 fully saturated rings. The van der Waals surface area contributed by atoms with Gasteiger partial charge in [-0.1, -0.05) is 0 Å². The molecule has 1 N–H and O–H groups in total. The average molecular weight is 261 g/mol. The number of nitriles is 1. The molecule has 0 atom stereocenters. The second-order valence-electron chi connectivity index (χ2n) is 3.25. The molecule has 0 saturated heterocycles. The van der Waals surface area contributed by atoms with Crippen LogP contribution in [0.5, 0.6) is 0 Å². The van der Waals surface area contributed by atoms with Crippen LogP contribution in [-0.4, -0.2) is 14.9 Å². The summed E-state index contributed by atoms with van der Waals surface area (Å²) in [6.07, 6.45) is 1.72. The summed E-state index contributed by atoms with van der Waals surface area (Å²) in [6, 6.07) is 4.44. The van der Waals surface area contributed by atoms with Crippen molar-refractivity contribution in [2.45, 2.75) is 6.54 Å². The van der Waals surface area contributed by atoms with Gasteiger partial charge in [-0.2, -0.15) is 5.26 Å². The Morgan fingerprint density at radius 2 is 2.39 bits per heavy atom. The Balaban J connectivity index is 2.15. The lowest BCUT2D eigenvalue weighted by Gasteiger charge is -2.03. The molecule has 0 amide bonds. The Morgan fingerprint density at radius 1 is 1.56 bits per heavy atom. The lowest BCUT2D eigenvalue weighted by Crippen LogP contribution is -2.02. The van der Waals surface area contributed by atoms with Crippen LogP contribution < -0.4 is 5.32 Å². The molecule has 7 nitrogen and oxygen atoms in total. The van der Waals surface area contributed by atoms with E-state index in [1.165, 1.54) is 23.5 Å². The summed E-state index contributed by atoms with van der Waals surface area (Å²) in [5.41, 5.74) is 1.22. The Labute approximate surface area is 106 Å². The van der Waals surface area contributed by atoms with Gasteiger partial charge in [-0.25, -0.2) is 4.98 Å². The molecule has 0 aliphatic carbocycles. The molecule has 0 bridgehead atoms. The molecule has 0 spiro atoms. The predicted octanol–water partition coefficient (Wildman–Crippen LogP) is 1.93. The SMILES string of the molecule is N#Cc1nc(NCc2cncs2)ccc1[N+](=O)[O-]. The van der Waals surface area contributed by atoms with Gasteiger partial charge in [-0.3, -0.25) is 15.1 Å². The molecule has 8 heteroatoms. The van der Waals surface area contributed by atoms with E-state index in [1.54, 1.807) is 17.8 Å². The molecule has 0 aliphatic rings. The summed E-state index contributed by atoms with van der Waals surface area (Å²) >= 11 is 1.49. The number of pyridine rings is 1. The van der Waals surface area contributed by atoms with E-state index in [9.17, 15) is 10.1 Å². The molecule has 2 heterocycles. The van der Waals surface area contributed by atoms with Gasteiger partial charge in [0.1, 0.15) is 11.9 Å². The van der Waals surface area contributed by atoms with Crippen LogP contribution in [-0.2, 0) is 6.54 Å². The van der Waals surface area contributed by atoms with Crippen LogP contribution in [0.2, 0.25) is 0 Å². The maximum absolute atomic E-state index is 10.6. The van der Waals surface area contributed by atoms with Gasteiger partial charge in [0.25, 0.3) is 0 Å². The average Bonchev–Trinajstić information content (AvgIpc) is 2.88. The molecule has 0 saturated carbocycles. The Morgan fingerprint density at radius 3 is 3.00 bits per heavy atom. The molecule has 90 valence electrons. The van der Waals surface area contributed by atoms with Crippen molar-refractivity contribution in [2.24, 2.45) is 0 Å². The number of nitrogens with one attached hydrogen (secondary N) is 1. The number of nitrogens with zero attached hydrogens (tertiary/aromatic N) is 4. The van der Waals surface area contributed by atoms with Gasteiger partial charge in [0.2, 0.25) is 5.69 Å². The normalized spacial score (nSPS) is 9.72. The molecule has 2 aromatic rings. The monoisotopic (exact) mass is 261 g/mol. The quantitative estimate of drug-likeness (QED) is 0.666. The minimum absolute atomic E-state index is 0.200.